The van der Waals surface area contributed by atoms with Crippen LogP contribution in [-0.2, 0) is 4.79 Å². The van der Waals surface area contributed by atoms with Crippen LogP contribution in [0.25, 0.3) is 0 Å². The summed E-state index contributed by atoms with van der Waals surface area (Å²) in [6.07, 6.45) is 0. The van der Waals surface area contributed by atoms with E-state index in [2.05, 4.69) is 10.6 Å². The van der Waals surface area contributed by atoms with Crippen LogP contribution >= 0.6 is 23.2 Å². The largest absolute Gasteiger partial charge is 0.495 e. The van der Waals surface area contributed by atoms with Crippen molar-refractivity contribution in [2.45, 2.75) is 0 Å². The maximum absolute atomic E-state index is 12.4. The average molecular weight is 445 g/mol. The van der Waals surface area contributed by atoms with E-state index in [4.69, 9.17) is 32.7 Å². The number of hydrogen-bond donors (Lipinski definition) is 2. The second kappa shape index (κ2) is 10.0. The Balaban J connectivity index is 1.56. The number of amides is 2. The van der Waals surface area contributed by atoms with E-state index in [0.717, 1.165) is 0 Å². The minimum absolute atomic E-state index is 0.225. The second-order valence-corrected chi connectivity index (χ2v) is 6.99. The Bertz CT molecular complexity index is 1060. The van der Waals surface area contributed by atoms with Gasteiger partial charge in [0.1, 0.15) is 11.5 Å². The van der Waals surface area contributed by atoms with Crippen molar-refractivity contribution in [2.24, 2.45) is 0 Å². The normalized spacial score (nSPS) is 10.2. The van der Waals surface area contributed by atoms with Crippen LogP contribution in [0.4, 0.5) is 11.4 Å². The van der Waals surface area contributed by atoms with E-state index in [1.807, 2.05) is 6.07 Å². The lowest BCUT2D eigenvalue weighted by Gasteiger charge is -2.11. The molecule has 3 rings (SSSR count). The maximum atomic E-state index is 12.4. The van der Waals surface area contributed by atoms with Crippen molar-refractivity contribution in [3.05, 3.63) is 82.3 Å². The third-order valence-electron chi connectivity index (χ3n) is 4.04. The summed E-state index contributed by atoms with van der Waals surface area (Å²) >= 11 is 11.8. The van der Waals surface area contributed by atoms with Gasteiger partial charge in [-0.25, -0.2) is 0 Å². The topological polar surface area (TPSA) is 76.7 Å². The average Bonchev–Trinajstić information content (AvgIpc) is 2.74. The number of benzene rings is 3. The highest BCUT2D eigenvalue weighted by molar-refractivity contribution is 6.35. The molecule has 3 aromatic rings. The molecule has 0 heterocycles. The smallest absolute Gasteiger partial charge is 0.262 e. The Hall–Kier alpha value is -3.22. The first-order chi connectivity index (χ1) is 14.5. The summed E-state index contributed by atoms with van der Waals surface area (Å²) in [6.45, 7) is -0.225. The number of halogens is 2. The molecule has 2 amide bonds. The molecule has 30 heavy (non-hydrogen) atoms. The van der Waals surface area contributed by atoms with Crippen LogP contribution in [0, 0.1) is 0 Å². The fourth-order valence-electron chi connectivity index (χ4n) is 2.58. The number of para-hydroxylation sites is 2. The van der Waals surface area contributed by atoms with Crippen molar-refractivity contribution in [3.8, 4) is 11.5 Å². The quantitative estimate of drug-likeness (QED) is 0.520. The Morgan fingerprint density at radius 3 is 2.33 bits per heavy atom. The minimum atomic E-state index is -0.368. The van der Waals surface area contributed by atoms with Crippen LogP contribution in [-0.4, -0.2) is 25.5 Å². The lowest BCUT2D eigenvalue weighted by atomic mass is 10.2. The van der Waals surface area contributed by atoms with Gasteiger partial charge in [-0.15, -0.1) is 0 Å². The molecule has 8 heteroatoms. The molecule has 0 fully saturated rings. The van der Waals surface area contributed by atoms with E-state index in [-0.39, 0.29) is 18.4 Å². The summed E-state index contributed by atoms with van der Waals surface area (Å²) in [4.78, 5) is 24.5. The molecule has 0 spiro atoms. The Labute approximate surface area is 183 Å². The Morgan fingerprint density at radius 2 is 1.63 bits per heavy atom. The number of ether oxygens (including phenoxy) is 2. The van der Waals surface area contributed by atoms with Crippen molar-refractivity contribution < 1.29 is 19.1 Å². The van der Waals surface area contributed by atoms with E-state index < -0.39 is 0 Å². The zero-order valence-corrected chi connectivity index (χ0v) is 17.5. The van der Waals surface area contributed by atoms with Crippen LogP contribution in [0.3, 0.4) is 0 Å². The number of anilines is 2. The molecule has 0 aliphatic carbocycles. The van der Waals surface area contributed by atoms with E-state index in [9.17, 15) is 9.59 Å². The summed E-state index contributed by atoms with van der Waals surface area (Å²) in [7, 11) is 1.53. The van der Waals surface area contributed by atoms with Crippen molar-refractivity contribution in [1.82, 2.24) is 0 Å². The zero-order valence-electron chi connectivity index (χ0n) is 15.9. The molecule has 6 nitrogen and oxygen atoms in total. The van der Waals surface area contributed by atoms with Gasteiger partial charge in [0.05, 0.1) is 17.8 Å². The van der Waals surface area contributed by atoms with Crippen molar-refractivity contribution in [1.29, 1.82) is 0 Å². The van der Waals surface area contributed by atoms with Gasteiger partial charge in [-0.2, -0.15) is 0 Å². The molecule has 2 N–H and O–H groups in total. The standard InChI is InChI=1S/C22H18Cl2N2O4/c1-29-20-5-3-2-4-18(20)26-22(28)14-6-9-16(10-7-14)25-21(27)13-30-19-11-8-15(23)12-17(19)24/h2-12H,13H2,1H3,(H,25,27)(H,26,28). The van der Waals surface area contributed by atoms with E-state index in [1.165, 1.54) is 13.2 Å². The number of hydrogen-bond acceptors (Lipinski definition) is 4. The monoisotopic (exact) mass is 444 g/mol. The van der Waals surface area contributed by atoms with Gasteiger partial charge in [0.15, 0.2) is 6.61 Å². The summed E-state index contributed by atoms with van der Waals surface area (Å²) in [6, 6.07) is 18.3. The first-order valence-corrected chi connectivity index (χ1v) is 9.64. The first kappa shape index (κ1) is 21.5. The first-order valence-electron chi connectivity index (χ1n) is 8.88. The highest BCUT2D eigenvalue weighted by atomic mass is 35.5. The van der Waals surface area contributed by atoms with Crippen molar-refractivity contribution >= 4 is 46.4 Å². The number of carbonyl (C=O) groups is 2. The predicted octanol–water partition coefficient (Wildman–Crippen LogP) is 5.27. The van der Waals surface area contributed by atoms with Crippen LogP contribution < -0.4 is 20.1 Å². The van der Waals surface area contributed by atoms with Gasteiger partial charge in [0.25, 0.3) is 11.8 Å². The van der Waals surface area contributed by atoms with Crippen molar-refractivity contribution in [2.75, 3.05) is 24.4 Å². The number of carbonyl (C=O) groups excluding carboxylic acids is 2. The lowest BCUT2D eigenvalue weighted by molar-refractivity contribution is -0.118. The van der Waals surface area contributed by atoms with Crippen LogP contribution in [0.15, 0.2) is 66.7 Å². The molecule has 0 aromatic heterocycles. The van der Waals surface area contributed by atoms with Gasteiger partial charge in [0.2, 0.25) is 0 Å². The molecule has 0 aliphatic heterocycles. The van der Waals surface area contributed by atoms with Gasteiger partial charge in [-0.3, -0.25) is 9.59 Å². The van der Waals surface area contributed by atoms with E-state index >= 15 is 0 Å². The molecule has 0 atom stereocenters. The number of methoxy groups -OCH3 is 1. The Kier molecular flexibility index (Phi) is 7.17. The van der Waals surface area contributed by atoms with Gasteiger partial charge in [-0.05, 0) is 54.6 Å². The lowest BCUT2D eigenvalue weighted by Crippen LogP contribution is -2.20. The molecular weight excluding hydrogens is 427 g/mol. The molecule has 0 unspecified atom stereocenters. The number of rotatable bonds is 7. The fourth-order valence-corrected chi connectivity index (χ4v) is 3.04. The third-order valence-corrected chi connectivity index (χ3v) is 4.57. The molecular formula is C22H18Cl2N2O4. The van der Waals surface area contributed by atoms with Crippen LogP contribution in [0.5, 0.6) is 11.5 Å². The summed E-state index contributed by atoms with van der Waals surface area (Å²) in [5, 5.41) is 6.28. The van der Waals surface area contributed by atoms with E-state index in [1.54, 1.807) is 54.6 Å². The van der Waals surface area contributed by atoms with Crippen molar-refractivity contribution in [3.63, 3.8) is 0 Å². The van der Waals surface area contributed by atoms with Gasteiger partial charge >= 0.3 is 0 Å². The molecule has 3 aromatic carbocycles. The van der Waals surface area contributed by atoms with Crippen LogP contribution in [0.2, 0.25) is 10.0 Å². The van der Waals surface area contributed by atoms with Gasteiger partial charge < -0.3 is 20.1 Å². The van der Waals surface area contributed by atoms with Gasteiger partial charge in [-0.1, -0.05) is 35.3 Å². The molecule has 0 saturated carbocycles. The Morgan fingerprint density at radius 1 is 0.900 bits per heavy atom. The number of nitrogens with one attached hydrogen (secondary N) is 2. The van der Waals surface area contributed by atoms with Crippen LogP contribution in [0.1, 0.15) is 10.4 Å². The highest BCUT2D eigenvalue weighted by Gasteiger charge is 2.11. The predicted molar refractivity (Wildman–Crippen MR) is 118 cm³/mol. The fraction of sp³-hybridized carbons (Fsp3) is 0.0909. The molecule has 0 bridgehead atoms. The summed E-state index contributed by atoms with van der Waals surface area (Å²) < 4.78 is 10.6. The third kappa shape index (κ3) is 5.65. The van der Waals surface area contributed by atoms with E-state index in [0.29, 0.717) is 38.5 Å². The minimum Gasteiger partial charge on any atom is -0.495 e. The molecule has 154 valence electrons. The summed E-state index contributed by atoms with van der Waals surface area (Å²) in [5.74, 6) is 0.264. The SMILES string of the molecule is COc1ccccc1NC(=O)c1ccc(NC(=O)COc2ccc(Cl)cc2Cl)cc1. The molecule has 0 radical (unpaired) electrons. The zero-order chi connectivity index (χ0) is 21.5. The molecule has 0 saturated heterocycles. The highest BCUT2D eigenvalue weighted by Crippen LogP contribution is 2.27. The summed E-state index contributed by atoms with van der Waals surface area (Å²) in [5.41, 5.74) is 1.53. The second-order valence-electron chi connectivity index (χ2n) is 6.14. The molecule has 0 aliphatic rings. The van der Waals surface area contributed by atoms with Gasteiger partial charge in [0, 0.05) is 16.3 Å². The maximum Gasteiger partial charge on any atom is 0.262 e.